The summed E-state index contributed by atoms with van der Waals surface area (Å²) in [6, 6.07) is 14.8. The van der Waals surface area contributed by atoms with Crippen molar-refractivity contribution in [2.75, 3.05) is 5.32 Å². The molecule has 0 fully saturated rings. The first-order chi connectivity index (χ1) is 12.5. The van der Waals surface area contributed by atoms with Crippen LogP contribution >= 0.6 is 0 Å². The molecule has 2 aromatic rings. The molecule has 136 valence electrons. The third-order valence-corrected chi connectivity index (χ3v) is 3.89. The van der Waals surface area contributed by atoms with Crippen LogP contribution < -0.4 is 10.7 Å². The number of hydrogen-bond acceptors (Lipinski definition) is 3. The van der Waals surface area contributed by atoms with E-state index in [4.69, 9.17) is 0 Å². The second kappa shape index (κ2) is 9.51. The zero-order valence-electron chi connectivity index (χ0n) is 15.5. The first kappa shape index (κ1) is 19.4. The van der Waals surface area contributed by atoms with Gasteiger partial charge in [0.15, 0.2) is 0 Å². The maximum absolute atomic E-state index is 12.1. The predicted molar refractivity (Wildman–Crippen MR) is 106 cm³/mol. The first-order valence-corrected chi connectivity index (χ1v) is 8.83. The van der Waals surface area contributed by atoms with Gasteiger partial charge in [-0.05, 0) is 47.7 Å². The van der Waals surface area contributed by atoms with E-state index in [-0.39, 0.29) is 11.8 Å². The average Bonchev–Trinajstić information content (AvgIpc) is 2.63. The van der Waals surface area contributed by atoms with Crippen LogP contribution in [0.15, 0.2) is 53.6 Å². The molecule has 0 bridgehead atoms. The standard InChI is InChI=1S/C21H25N3O2/c1-4-5-20(25)23-19-12-10-18(11-13-19)21(26)24-22-14-16-6-8-17(9-7-16)15(2)3/h6-15H,4-5H2,1-3H3,(H,23,25)(H,24,26)/b22-14+. The summed E-state index contributed by atoms with van der Waals surface area (Å²) in [5.74, 6) is 0.152. The highest BCUT2D eigenvalue weighted by Crippen LogP contribution is 2.14. The third-order valence-electron chi connectivity index (χ3n) is 3.89. The van der Waals surface area contributed by atoms with Crippen molar-refractivity contribution in [2.45, 2.75) is 39.5 Å². The molecule has 0 spiro atoms. The smallest absolute Gasteiger partial charge is 0.271 e. The summed E-state index contributed by atoms with van der Waals surface area (Å²) in [7, 11) is 0. The Kier molecular flexibility index (Phi) is 7.09. The molecule has 5 nitrogen and oxygen atoms in total. The van der Waals surface area contributed by atoms with E-state index in [1.165, 1.54) is 5.56 Å². The number of hydrazone groups is 1. The van der Waals surface area contributed by atoms with Crippen LogP contribution in [0.2, 0.25) is 0 Å². The van der Waals surface area contributed by atoms with Crippen molar-refractivity contribution in [1.82, 2.24) is 5.43 Å². The van der Waals surface area contributed by atoms with Crippen molar-refractivity contribution in [3.8, 4) is 0 Å². The van der Waals surface area contributed by atoms with E-state index in [0.717, 1.165) is 12.0 Å². The summed E-state index contributed by atoms with van der Waals surface area (Å²) in [4.78, 5) is 23.7. The Morgan fingerprint density at radius 1 is 1.04 bits per heavy atom. The van der Waals surface area contributed by atoms with Gasteiger partial charge in [0, 0.05) is 17.7 Å². The maximum atomic E-state index is 12.1. The number of benzene rings is 2. The highest BCUT2D eigenvalue weighted by molar-refractivity contribution is 5.96. The molecule has 0 atom stereocenters. The molecular weight excluding hydrogens is 326 g/mol. The molecule has 2 aromatic carbocycles. The van der Waals surface area contributed by atoms with Gasteiger partial charge in [-0.25, -0.2) is 5.43 Å². The van der Waals surface area contributed by atoms with Crippen LogP contribution in [0, 0.1) is 0 Å². The van der Waals surface area contributed by atoms with Gasteiger partial charge in [0.1, 0.15) is 0 Å². The van der Waals surface area contributed by atoms with Crippen LogP contribution in [0.3, 0.4) is 0 Å². The van der Waals surface area contributed by atoms with Crippen LogP contribution in [0.4, 0.5) is 5.69 Å². The number of rotatable bonds is 7. The van der Waals surface area contributed by atoms with Gasteiger partial charge < -0.3 is 5.32 Å². The molecule has 2 N–H and O–H groups in total. The average molecular weight is 351 g/mol. The molecular formula is C21H25N3O2. The number of carbonyl (C=O) groups is 2. The van der Waals surface area contributed by atoms with Gasteiger partial charge in [0.25, 0.3) is 5.91 Å². The molecule has 0 aliphatic heterocycles. The molecule has 0 aromatic heterocycles. The molecule has 0 aliphatic rings. The summed E-state index contributed by atoms with van der Waals surface area (Å²) in [6.45, 7) is 6.24. The van der Waals surface area contributed by atoms with Crippen molar-refractivity contribution in [3.05, 3.63) is 65.2 Å². The van der Waals surface area contributed by atoms with Gasteiger partial charge >= 0.3 is 0 Å². The number of nitrogens with zero attached hydrogens (tertiary/aromatic N) is 1. The summed E-state index contributed by atoms with van der Waals surface area (Å²) < 4.78 is 0. The lowest BCUT2D eigenvalue weighted by Crippen LogP contribution is -2.17. The van der Waals surface area contributed by atoms with Crippen molar-refractivity contribution in [3.63, 3.8) is 0 Å². The topological polar surface area (TPSA) is 70.6 Å². The second-order valence-corrected chi connectivity index (χ2v) is 6.40. The molecule has 2 rings (SSSR count). The van der Waals surface area contributed by atoms with E-state index in [1.54, 1.807) is 30.5 Å². The third kappa shape index (κ3) is 5.84. The van der Waals surface area contributed by atoms with Crippen LogP contribution in [-0.4, -0.2) is 18.0 Å². The number of carbonyl (C=O) groups excluding carboxylic acids is 2. The van der Waals surface area contributed by atoms with Crippen molar-refractivity contribution in [2.24, 2.45) is 5.10 Å². The molecule has 5 heteroatoms. The Balaban J connectivity index is 1.90. The molecule has 26 heavy (non-hydrogen) atoms. The summed E-state index contributed by atoms with van der Waals surface area (Å²) in [5.41, 5.74) is 5.84. The lowest BCUT2D eigenvalue weighted by Gasteiger charge is -2.06. The zero-order valence-corrected chi connectivity index (χ0v) is 15.5. The van der Waals surface area contributed by atoms with Gasteiger partial charge in [-0.3, -0.25) is 9.59 Å². The lowest BCUT2D eigenvalue weighted by atomic mass is 10.0. The van der Waals surface area contributed by atoms with Gasteiger partial charge in [0.05, 0.1) is 6.21 Å². The number of anilines is 1. The van der Waals surface area contributed by atoms with E-state index in [1.807, 2.05) is 19.1 Å². The molecule has 0 radical (unpaired) electrons. The molecule has 0 aliphatic carbocycles. The largest absolute Gasteiger partial charge is 0.326 e. The normalized spacial score (nSPS) is 10.9. The minimum atomic E-state index is -0.300. The molecule has 0 saturated heterocycles. The zero-order chi connectivity index (χ0) is 18.9. The van der Waals surface area contributed by atoms with E-state index in [2.05, 4.69) is 41.8 Å². The minimum absolute atomic E-state index is 0.0298. The molecule has 0 unspecified atom stereocenters. The Morgan fingerprint density at radius 3 is 2.27 bits per heavy atom. The highest BCUT2D eigenvalue weighted by atomic mass is 16.2. The Bertz CT molecular complexity index is 763. The van der Waals surface area contributed by atoms with Gasteiger partial charge in [-0.2, -0.15) is 5.10 Å². The van der Waals surface area contributed by atoms with Crippen LogP contribution in [-0.2, 0) is 4.79 Å². The number of hydrogen-bond donors (Lipinski definition) is 2. The van der Waals surface area contributed by atoms with Gasteiger partial charge in [-0.1, -0.05) is 45.0 Å². The van der Waals surface area contributed by atoms with Crippen molar-refractivity contribution >= 4 is 23.7 Å². The maximum Gasteiger partial charge on any atom is 0.271 e. The number of amides is 2. The fraction of sp³-hybridized carbons (Fsp3) is 0.286. The summed E-state index contributed by atoms with van der Waals surface area (Å²) >= 11 is 0. The molecule has 0 heterocycles. The Hall–Kier alpha value is -2.95. The van der Waals surface area contributed by atoms with Crippen LogP contribution in [0.5, 0.6) is 0 Å². The van der Waals surface area contributed by atoms with Gasteiger partial charge in [0.2, 0.25) is 5.91 Å². The Morgan fingerprint density at radius 2 is 1.69 bits per heavy atom. The molecule has 0 saturated carbocycles. The minimum Gasteiger partial charge on any atom is -0.326 e. The predicted octanol–water partition coefficient (Wildman–Crippen LogP) is 4.31. The molecule has 2 amide bonds. The fourth-order valence-electron chi connectivity index (χ4n) is 2.35. The Labute approximate surface area is 154 Å². The number of nitrogens with one attached hydrogen (secondary N) is 2. The summed E-state index contributed by atoms with van der Waals surface area (Å²) in [5, 5.41) is 6.78. The fourth-order valence-corrected chi connectivity index (χ4v) is 2.35. The summed E-state index contributed by atoms with van der Waals surface area (Å²) in [6.07, 6.45) is 2.89. The quantitative estimate of drug-likeness (QED) is 0.576. The SMILES string of the molecule is CCCC(=O)Nc1ccc(C(=O)N/N=C/c2ccc(C(C)C)cc2)cc1. The van der Waals surface area contributed by atoms with Crippen LogP contribution in [0.1, 0.15) is 61.0 Å². The van der Waals surface area contributed by atoms with E-state index < -0.39 is 0 Å². The monoisotopic (exact) mass is 351 g/mol. The van der Waals surface area contributed by atoms with Gasteiger partial charge in [-0.15, -0.1) is 0 Å². The van der Waals surface area contributed by atoms with Crippen molar-refractivity contribution in [1.29, 1.82) is 0 Å². The van der Waals surface area contributed by atoms with Crippen molar-refractivity contribution < 1.29 is 9.59 Å². The van der Waals surface area contributed by atoms with Crippen LogP contribution in [0.25, 0.3) is 0 Å². The van der Waals surface area contributed by atoms with E-state index >= 15 is 0 Å². The lowest BCUT2D eigenvalue weighted by molar-refractivity contribution is -0.116. The van der Waals surface area contributed by atoms with E-state index in [0.29, 0.717) is 23.6 Å². The first-order valence-electron chi connectivity index (χ1n) is 8.83. The second-order valence-electron chi connectivity index (χ2n) is 6.40. The highest BCUT2D eigenvalue weighted by Gasteiger charge is 2.05. The van der Waals surface area contributed by atoms with E-state index in [9.17, 15) is 9.59 Å².